The number of allylic oxidation sites excluding steroid dienone is 1. The molecule has 0 radical (unpaired) electrons. The summed E-state index contributed by atoms with van der Waals surface area (Å²) in [6, 6.07) is 0. The van der Waals surface area contributed by atoms with Crippen molar-refractivity contribution in [2.75, 3.05) is 13.2 Å². The summed E-state index contributed by atoms with van der Waals surface area (Å²) in [6.45, 7) is 8.26. The molecule has 1 saturated heterocycles. The summed E-state index contributed by atoms with van der Waals surface area (Å²) in [4.78, 5) is 0. The van der Waals surface area contributed by atoms with Gasteiger partial charge in [-0.25, -0.2) is 0 Å². The van der Waals surface area contributed by atoms with Crippen molar-refractivity contribution in [3.8, 4) is 0 Å². The molecule has 0 amide bonds. The Morgan fingerprint density at radius 2 is 1.81 bits per heavy atom. The number of fused-ring (bicyclic) bond motifs is 4. The molecule has 4 aliphatic carbocycles. The number of hydrogen-bond donors (Lipinski definition) is 2. The van der Waals surface area contributed by atoms with E-state index in [-0.39, 0.29) is 11.5 Å². The smallest absolute Gasteiger partial charge is 0.171 e. The van der Waals surface area contributed by atoms with Gasteiger partial charge in [0.25, 0.3) is 0 Å². The lowest BCUT2D eigenvalue weighted by Gasteiger charge is -2.57. The molecule has 7 atom stereocenters. The Hall–Kier alpha value is -0.420. The van der Waals surface area contributed by atoms with Crippen LogP contribution in [0.25, 0.3) is 0 Å². The van der Waals surface area contributed by atoms with Crippen molar-refractivity contribution < 1.29 is 19.7 Å². The summed E-state index contributed by atoms with van der Waals surface area (Å²) < 4.78 is 11.9. The second-order valence-electron chi connectivity index (χ2n) is 10.3. The molecule has 0 aromatic heterocycles. The lowest BCUT2D eigenvalue weighted by Crippen LogP contribution is -2.55. The first-order chi connectivity index (χ1) is 12.3. The van der Waals surface area contributed by atoms with Crippen LogP contribution < -0.4 is 0 Å². The van der Waals surface area contributed by atoms with Crippen molar-refractivity contribution in [1.29, 1.82) is 0 Å². The maximum atomic E-state index is 11.7. The van der Waals surface area contributed by atoms with Gasteiger partial charge >= 0.3 is 0 Å². The van der Waals surface area contributed by atoms with Crippen LogP contribution in [-0.2, 0) is 9.47 Å². The van der Waals surface area contributed by atoms with E-state index in [0.717, 1.165) is 38.5 Å². The van der Waals surface area contributed by atoms with Crippen molar-refractivity contribution in [2.24, 2.45) is 29.1 Å². The molecule has 1 heterocycles. The van der Waals surface area contributed by atoms with Gasteiger partial charge in [0.05, 0.1) is 24.9 Å². The van der Waals surface area contributed by atoms with E-state index >= 15 is 0 Å². The molecule has 5 aliphatic rings. The summed E-state index contributed by atoms with van der Waals surface area (Å²) >= 11 is 0. The van der Waals surface area contributed by atoms with Crippen molar-refractivity contribution in [1.82, 2.24) is 0 Å². The predicted molar refractivity (Wildman–Crippen MR) is 98.4 cm³/mol. The Balaban J connectivity index is 1.57. The van der Waals surface area contributed by atoms with Crippen LogP contribution in [0.15, 0.2) is 11.1 Å². The van der Waals surface area contributed by atoms with Crippen LogP contribution >= 0.6 is 0 Å². The van der Waals surface area contributed by atoms with Gasteiger partial charge in [-0.2, -0.15) is 0 Å². The fraction of sp³-hybridized carbons (Fsp3) is 0.909. The summed E-state index contributed by atoms with van der Waals surface area (Å²) in [5, 5.41) is 22.4. The second-order valence-corrected chi connectivity index (χ2v) is 10.3. The highest BCUT2D eigenvalue weighted by atomic mass is 16.7. The van der Waals surface area contributed by atoms with Crippen LogP contribution in [0.2, 0.25) is 0 Å². The van der Waals surface area contributed by atoms with Crippen LogP contribution in [-0.4, -0.2) is 40.9 Å². The normalized spacial score (nSPS) is 52.7. The quantitative estimate of drug-likeness (QED) is 0.648. The summed E-state index contributed by atoms with van der Waals surface area (Å²) in [7, 11) is 0. The van der Waals surface area contributed by atoms with E-state index in [1.54, 1.807) is 0 Å². The molecule has 26 heavy (non-hydrogen) atoms. The van der Waals surface area contributed by atoms with Crippen molar-refractivity contribution in [3.05, 3.63) is 11.1 Å². The summed E-state index contributed by atoms with van der Waals surface area (Å²) in [6.07, 6.45) is 6.12. The van der Waals surface area contributed by atoms with Gasteiger partial charge in [0.15, 0.2) is 5.79 Å². The Morgan fingerprint density at radius 3 is 2.54 bits per heavy atom. The lowest BCUT2D eigenvalue weighted by atomic mass is 9.50. The first-order valence-electron chi connectivity index (χ1n) is 10.7. The molecule has 0 aromatic rings. The van der Waals surface area contributed by atoms with Gasteiger partial charge in [0.1, 0.15) is 0 Å². The highest BCUT2D eigenvalue weighted by Crippen LogP contribution is 2.64. The fourth-order valence-corrected chi connectivity index (χ4v) is 7.84. The third-order valence-electron chi connectivity index (χ3n) is 8.74. The first-order valence-corrected chi connectivity index (χ1v) is 10.7. The monoisotopic (exact) mass is 362 g/mol. The van der Waals surface area contributed by atoms with Gasteiger partial charge in [0, 0.05) is 12.8 Å². The summed E-state index contributed by atoms with van der Waals surface area (Å²) in [5.74, 6) is 1.41. The molecule has 4 fully saturated rings. The number of ether oxygens (including phenoxy) is 2. The van der Waals surface area contributed by atoms with Crippen LogP contribution in [0.5, 0.6) is 0 Å². The van der Waals surface area contributed by atoms with Gasteiger partial charge in [0.2, 0.25) is 0 Å². The van der Waals surface area contributed by atoms with E-state index in [1.165, 1.54) is 11.1 Å². The van der Waals surface area contributed by atoms with Crippen molar-refractivity contribution in [2.45, 2.75) is 83.2 Å². The minimum Gasteiger partial charge on any atom is -0.393 e. The maximum absolute atomic E-state index is 11.7. The van der Waals surface area contributed by atoms with Gasteiger partial charge in [-0.15, -0.1) is 0 Å². The van der Waals surface area contributed by atoms with E-state index in [9.17, 15) is 10.2 Å². The molecule has 1 aliphatic heterocycles. The van der Waals surface area contributed by atoms with Crippen LogP contribution in [0, 0.1) is 29.1 Å². The standard InChI is InChI=1S/C22H34O4/c1-13-10-20(3)15(4-5-17(20)23)18-14(2)11-21(24)12-22(25-8-9-26-22)7-6-16(21)19(13)18/h13-15,17-18,23-24H,4-12H2,1-3H3/t13?,14-,15?,17+,18?,20+,21?/m1/s1. The fourth-order valence-electron chi connectivity index (χ4n) is 7.84. The van der Waals surface area contributed by atoms with Crippen molar-refractivity contribution in [3.63, 3.8) is 0 Å². The Labute approximate surface area is 156 Å². The number of aliphatic hydroxyl groups excluding tert-OH is 1. The number of rotatable bonds is 0. The van der Waals surface area contributed by atoms with Crippen LogP contribution in [0.4, 0.5) is 0 Å². The average molecular weight is 363 g/mol. The molecule has 1 spiro atoms. The first kappa shape index (κ1) is 17.7. The van der Waals surface area contributed by atoms with E-state index < -0.39 is 11.4 Å². The minimum absolute atomic E-state index is 0.0470. The predicted octanol–water partition coefficient (Wildman–Crippen LogP) is 3.41. The Morgan fingerprint density at radius 1 is 1.08 bits per heavy atom. The molecule has 146 valence electrons. The number of aliphatic hydroxyl groups is 2. The number of hydrogen-bond acceptors (Lipinski definition) is 4. The molecule has 0 bridgehead atoms. The third kappa shape index (κ3) is 2.22. The van der Waals surface area contributed by atoms with Crippen molar-refractivity contribution >= 4 is 0 Å². The molecular formula is C22H34O4. The maximum Gasteiger partial charge on any atom is 0.171 e. The lowest BCUT2D eigenvalue weighted by molar-refractivity contribution is -0.210. The molecule has 4 unspecified atom stereocenters. The minimum atomic E-state index is -0.771. The van der Waals surface area contributed by atoms with E-state index in [4.69, 9.17) is 9.47 Å². The molecule has 5 rings (SSSR count). The zero-order valence-corrected chi connectivity index (χ0v) is 16.5. The van der Waals surface area contributed by atoms with Gasteiger partial charge in [-0.1, -0.05) is 26.3 Å². The highest BCUT2D eigenvalue weighted by molar-refractivity contribution is 5.37. The second kappa shape index (κ2) is 5.56. The van der Waals surface area contributed by atoms with E-state index in [1.807, 2.05) is 0 Å². The average Bonchev–Trinajstić information content (AvgIpc) is 3.12. The van der Waals surface area contributed by atoms with Crippen LogP contribution in [0.1, 0.15) is 65.7 Å². The third-order valence-corrected chi connectivity index (χ3v) is 8.74. The SMILES string of the molecule is CC1C[C@@]2(C)C(CC[C@@H]2O)C2C1=C1CCC3(CC1(O)C[C@H]2C)OCCO3. The highest BCUT2D eigenvalue weighted by Gasteiger charge is 2.61. The molecule has 2 N–H and O–H groups in total. The van der Waals surface area contributed by atoms with Gasteiger partial charge < -0.3 is 19.7 Å². The van der Waals surface area contributed by atoms with E-state index in [2.05, 4.69) is 20.8 Å². The Bertz CT molecular complexity index is 636. The summed E-state index contributed by atoms with van der Waals surface area (Å²) in [5.41, 5.74) is 2.12. The zero-order valence-electron chi connectivity index (χ0n) is 16.5. The molecule has 4 heteroatoms. The van der Waals surface area contributed by atoms with E-state index in [0.29, 0.717) is 43.3 Å². The van der Waals surface area contributed by atoms with Gasteiger partial charge in [-0.05, 0) is 66.8 Å². The Kier molecular flexibility index (Phi) is 3.78. The largest absolute Gasteiger partial charge is 0.393 e. The van der Waals surface area contributed by atoms with Crippen LogP contribution in [0.3, 0.4) is 0 Å². The topological polar surface area (TPSA) is 58.9 Å². The molecule has 3 saturated carbocycles. The molecule has 4 nitrogen and oxygen atoms in total. The molecular weight excluding hydrogens is 328 g/mol. The van der Waals surface area contributed by atoms with Gasteiger partial charge in [-0.3, -0.25) is 0 Å². The zero-order chi connectivity index (χ0) is 18.3. The molecule has 0 aromatic carbocycles.